The Kier molecular flexibility index (Phi) is 2.76. The van der Waals surface area contributed by atoms with Gasteiger partial charge in [-0.1, -0.05) is 6.07 Å². The summed E-state index contributed by atoms with van der Waals surface area (Å²) < 4.78 is 25.0. The number of ether oxygens (including phenoxy) is 2. The second kappa shape index (κ2) is 5.16. The highest BCUT2D eigenvalue weighted by Crippen LogP contribution is 2.32. The molecule has 2 heterocycles. The van der Waals surface area contributed by atoms with Crippen LogP contribution in [0, 0.1) is 0 Å². The third-order valence-corrected chi connectivity index (χ3v) is 3.51. The maximum Gasteiger partial charge on any atom is 0.231 e. The summed E-state index contributed by atoms with van der Waals surface area (Å²) in [5.41, 5.74) is 1.09. The zero-order valence-electron chi connectivity index (χ0n) is 12.3. The third-order valence-electron chi connectivity index (χ3n) is 3.51. The van der Waals surface area contributed by atoms with Crippen molar-refractivity contribution in [3.63, 3.8) is 0 Å². The van der Waals surface area contributed by atoms with E-state index in [9.17, 15) is 5.11 Å². The molecule has 98 valence electrons. The predicted molar refractivity (Wildman–Crippen MR) is 67.9 cm³/mol. The fourth-order valence-electron chi connectivity index (χ4n) is 2.50. The Morgan fingerprint density at radius 3 is 3.17 bits per heavy atom. The molecule has 0 saturated carbocycles. The maximum absolute atomic E-state index is 9.64. The zero-order chi connectivity index (χ0) is 14.2. The van der Waals surface area contributed by atoms with E-state index >= 15 is 0 Å². The number of aliphatic hydroxyl groups is 1. The Morgan fingerprint density at radius 2 is 2.28 bits per heavy atom. The maximum atomic E-state index is 9.64. The molecule has 2 aliphatic heterocycles. The van der Waals surface area contributed by atoms with Gasteiger partial charge in [0.05, 0.1) is 6.10 Å². The smallest absolute Gasteiger partial charge is 0.231 e. The van der Waals surface area contributed by atoms with Crippen LogP contribution in [0.2, 0.25) is 0 Å². The Hall–Kier alpha value is -1.26. The molecule has 18 heavy (non-hydrogen) atoms. The van der Waals surface area contributed by atoms with Gasteiger partial charge < -0.3 is 19.5 Å². The lowest BCUT2D eigenvalue weighted by atomic mass is 10.1. The second-order valence-electron chi connectivity index (χ2n) is 4.92. The summed E-state index contributed by atoms with van der Waals surface area (Å²) >= 11 is 0. The van der Waals surface area contributed by atoms with Crippen LogP contribution in [0.5, 0.6) is 11.5 Å². The normalized spacial score (nSPS) is 27.7. The van der Waals surface area contributed by atoms with Crippen molar-refractivity contribution in [2.45, 2.75) is 25.4 Å². The second-order valence-corrected chi connectivity index (χ2v) is 4.92. The van der Waals surface area contributed by atoms with Crippen LogP contribution in [0.1, 0.15) is 21.1 Å². The van der Waals surface area contributed by atoms with Crippen LogP contribution in [0.4, 0.5) is 0 Å². The minimum atomic E-state index is -2.06. The molecule has 1 unspecified atom stereocenters. The van der Waals surface area contributed by atoms with Crippen LogP contribution in [-0.2, 0) is 6.42 Å². The fraction of sp³-hybridized carbons (Fsp3) is 0.571. The van der Waals surface area contributed by atoms with E-state index in [4.69, 9.17) is 12.2 Å². The number of nitrogens with zero attached hydrogens (tertiary/aromatic N) is 1. The van der Waals surface area contributed by atoms with Gasteiger partial charge in [-0.25, -0.2) is 0 Å². The molecule has 0 radical (unpaired) electrons. The standard InChI is InChI=1S/C14H19NO3/c16-12-2-1-6-15(9-12)7-5-11-3-4-13-14(8-11)18-10-17-13/h3-4,8,12,16H,1-2,5-7,9-10H2/i10D2. The third kappa shape index (κ3) is 2.60. The highest BCUT2D eigenvalue weighted by atomic mass is 16.7. The van der Waals surface area contributed by atoms with Crippen LogP contribution in [0.15, 0.2) is 18.2 Å². The van der Waals surface area contributed by atoms with Gasteiger partial charge in [-0.15, -0.1) is 0 Å². The molecule has 4 heteroatoms. The molecule has 1 aromatic rings. The number of aliphatic hydroxyl groups excluding tert-OH is 1. The van der Waals surface area contributed by atoms with Crippen molar-refractivity contribution in [1.29, 1.82) is 0 Å². The van der Waals surface area contributed by atoms with Crippen molar-refractivity contribution in [3.8, 4) is 11.5 Å². The van der Waals surface area contributed by atoms with E-state index in [2.05, 4.69) is 4.90 Å². The average molecular weight is 251 g/mol. The molecule has 1 aromatic carbocycles. The molecular formula is C14H19NO3. The summed E-state index contributed by atoms with van der Waals surface area (Å²) in [7, 11) is 0. The van der Waals surface area contributed by atoms with Crippen LogP contribution in [-0.4, -0.2) is 42.5 Å². The molecule has 2 aliphatic rings. The number of hydrogen-bond donors (Lipinski definition) is 1. The van der Waals surface area contributed by atoms with E-state index in [1.807, 2.05) is 12.1 Å². The molecule has 0 aliphatic carbocycles. The summed E-state index contributed by atoms with van der Waals surface area (Å²) in [4.78, 5) is 2.26. The van der Waals surface area contributed by atoms with Gasteiger partial charge in [0.15, 0.2) is 11.5 Å². The van der Waals surface area contributed by atoms with E-state index in [-0.39, 0.29) is 6.10 Å². The van der Waals surface area contributed by atoms with E-state index in [1.54, 1.807) is 6.07 Å². The number of piperidine rings is 1. The van der Waals surface area contributed by atoms with Crippen molar-refractivity contribution in [2.75, 3.05) is 26.4 Å². The molecule has 4 nitrogen and oxygen atoms in total. The average Bonchev–Trinajstić information content (AvgIpc) is 2.69. The van der Waals surface area contributed by atoms with Crippen LogP contribution in [0.3, 0.4) is 0 Å². The largest absolute Gasteiger partial charge is 0.454 e. The summed E-state index contributed by atoms with van der Waals surface area (Å²) in [5, 5.41) is 9.64. The lowest BCUT2D eigenvalue weighted by Crippen LogP contribution is -2.39. The van der Waals surface area contributed by atoms with Gasteiger partial charge in [-0.05, 0) is 43.5 Å². The molecule has 0 spiro atoms. The minimum Gasteiger partial charge on any atom is -0.454 e. The first-order valence-corrected chi connectivity index (χ1v) is 6.43. The minimum absolute atomic E-state index is 0.201. The lowest BCUT2D eigenvalue weighted by Gasteiger charge is -2.29. The Labute approximate surface area is 110 Å². The predicted octanol–water partition coefficient (Wildman–Crippen LogP) is 1.41. The van der Waals surface area contributed by atoms with Gasteiger partial charge in [-0.3, -0.25) is 0 Å². The molecule has 1 saturated heterocycles. The van der Waals surface area contributed by atoms with Gasteiger partial charge >= 0.3 is 0 Å². The van der Waals surface area contributed by atoms with Gasteiger partial charge in [-0.2, -0.15) is 0 Å². The Balaban J connectivity index is 1.59. The summed E-state index contributed by atoms with van der Waals surface area (Å²) in [6.45, 7) is 0.610. The lowest BCUT2D eigenvalue weighted by molar-refractivity contribution is 0.0714. The molecule has 1 fully saturated rings. The van der Waals surface area contributed by atoms with Gasteiger partial charge in [0.2, 0.25) is 6.75 Å². The number of likely N-dealkylation sites (tertiary alicyclic amines) is 1. The van der Waals surface area contributed by atoms with E-state index in [1.165, 1.54) is 0 Å². The number of rotatable bonds is 3. The van der Waals surface area contributed by atoms with Crippen molar-refractivity contribution in [1.82, 2.24) is 4.90 Å². The highest BCUT2D eigenvalue weighted by Gasteiger charge is 2.18. The van der Waals surface area contributed by atoms with Crippen molar-refractivity contribution in [2.24, 2.45) is 0 Å². The molecule has 1 N–H and O–H groups in total. The quantitative estimate of drug-likeness (QED) is 0.882. The molecule has 0 aromatic heterocycles. The van der Waals surface area contributed by atoms with Crippen molar-refractivity contribution < 1.29 is 17.3 Å². The van der Waals surface area contributed by atoms with Gasteiger partial charge in [0, 0.05) is 13.1 Å². The van der Waals surface area contributed by atoms with E-state index < -0.39 is 6.75 Å². The van der Waals surface area contributed by atoms with Crippen molar-refractivity contribution >= 4 is 0 Å². The van der Waals surface area contributed by atoms with Gasteiger partial charge in [0.1, 0.15) is 2.74 Å². The van der Waals surface area contributed by atoms with Crippen molar-refractivity contribution in [3.05, 3.63) is 23.8 Å². The Bertz CT molecular complexity index is 495. The SMILES string of the molecule is [2H]C1([2H])Oc2ccc(CCN3CCCC(O)C3)cc2O1. The molecular weight excluding hydrogens is 230 g/mol. The highest BCUT2D eigenvalue weighted by molar-refractivity contribution is 5.44. The summed E-state index contributed by atoms with van der Waals surface area (Å²) in [6, 6.07) is 5.52. The Morgan fingerprint density at radius 1 is 1.39 bits per heavy atom. The fourth-order valence-corrected chi connectivity index (χ4v) is 2.50. The summed E-state index contributed by atoms with van der Waals surface area (Å²) in [5.74, 6) is 0.915. The summed E-state index contributed by atoms with van der Waals surface area (Å²) in [6.07, 6.45) is 2.59. The first-order chi connectivity index (χ1) is 9.52. The number of hydrogen-bond acceptors (Lipinski definition) is 4. The molecule has 0 bridgehead atoms. The van der Waals surface area contributed by atoms with E-state index in [0.717, 1.165) is 44.5 Å². The molecule has 0 amide bonds. The first-order valence-electron chi connectivity index (χ1n) is 7.43. The van der Waals surface area contributed by atoms with Gasteiger partial charge in [0.25, 0.3) is 0 Å². The number of benzene rings is 1. The van der Waals surface area contributed by atoms with E-state index in [0.29, 0.717) is 11.5 Å². The molecule has 1 atom stereocenters. The first kappa shape index (κ1) is 9.64. The molecule has 3 rings (SSSR count). The zero-order valence-corrected chi connectivity index (χ0v) is 10.3. The number of fused-ring (bicyclic) bond motifs is 1. The van der Waals surface area contributed by atoms with Crippen LogP contribution < -0.4 is 9.47 Å². The van der Waals surface area contributed by atoms with Crippen LogP contribution >= 0.6 is 0 Å². The number of β-amino-alcohol motifs (C(OH)–C–C–N with tert-alkyl or cyclic N) is 1. The monoisotopic (exact) mass is 251 g/mol. The van der Waals surface area contributed by atoms with Crippen LogP contribution in [0.25, 0.3) is 0 Å². The topological polar surface area (TPSA) is 41.9 Å².